The van der Waals surface area contributed by atoms with Crippen molar-refractivity contribution in [3.05, 3.63) is 83.6 Å². The molecular formula is C21H21NO. The minimum atomic E-state index is 0.147. The summed E-state index contributed by atoms with van der Waals surface area (Å²) in [6.07, 6.45) is 5.99. The van der Waals surface area contributed by atoms with E-state index in [1.165, 1.54) is 36.0 Å². The first-order valence-corrected chi connectivity index (χ1v) is 8.62. The van der Waals surface area contributed by atoms with Crippen LogP contribution < -0.4 is 5.32 Å². The van der Waals surface area contributed by atoms with E-state index in [1.54, 1.807) is 0 Å². The molecule has 2 fully saturated rings. The second-order valence-corrected chi connectivity index (χ2v) is 7.00. The highest BCUT2D eigenvalue weighted by atomic mass is 16.5. The molecule has 0 amide bonds. The fourth-order valence-electron chi connectivity index (χ4n) is 4.63. The first-order chi connectivity index (χ1) is 11.4. The molecule has 1 saturated heterocycles. The summed E-state index contributed by atoms with van der Waals surface area (Å²) < 4.78 is 6.14. The van der Waals surface area contributed by atoms with Gasteiger partial charge >= 0.3 is 0 Å². The zero-order chi connectivity index (χ0) is 15.3. The van der Waals surface area contributed by atoms with E-state index in [9.17, 15) is 0 Å². The summed E-state index contributed by atoms with van der Waals surface area (Å²) in [7, 11) is 0. The van der Waals surface area contributed by atoms with Crippen LogP contribution in [-0.2, 0) is 4.74 Å². The molecule has 116 valence electrons. The molecule has 0 bridgehead atoms. The SMILES string of the molecule is C1=C2[C@@H](CCC[C@]23NC3c2ccccc2)[C@@H](c2ccccc2)O1. The fraction of sp³-hybridized carbons (Fsp3) is 0.333. The van der Waals surface area contributed by atoms with Crippen LogP contribution in [0.3, 0.4) is 0 Å². The smallest absolute Gasteiger partial charge is 0.129 e. The minimum Gasteiger partial charge on any atom is -0.493 e. The molecule has 2 heterocycles. The largest absolute Gasteiger partial charge is 0.493 e. The predicted molar refractivity (Wildman–Crippen MR) is 90.7 cm³/mol. The second kappa shape index (κ2) is 4.97. The van der Waals surface area contributed by atoms with E-state index in [4.69, 9.17) is 4.74 Å². The lowest BCUT2D eigenvalue weighted by molar-refractivity contribution is 0.125. The van der Waals surface area contributed by atoms with E-state index in [2.05, 4.69) is 72.2 Å². The highest BCUT2D eigenvalue weighted by Gasteiger charge is 2.61. The number of fused-ring (bicyclic) bond motifs is 2. The zero-order valence-electron chi connectivity index (χ0n) is 13.1. The van der Waals surface area contributed by atoms with Crippen LogP contribution in [0.2, 0.25) is 0 Å². The molecule has 1 saturated carbocycles. The van der Waals surface area contributed by atoms with Crippen LogP contribution in [0.4, 0.5) is 0 Å². The molecule has 4 atom stereocenters. The average molecular weight is 303 g/mol. The van der Waals surface area contributed by atoms with Gasteiger partial charge in [-0.1, -0.05) is 67.1 Å². The molecule has 1 spiro atoms. The Morgan fingerprint density at radius 3 is 2.35 bits per heavy atom. The van der Waals surface area contributed by atoms with Crippen LogP contribution in [0, 0.1) is 5.92 Å². The lowest BCUT2D eigenvalue weighted by atomic mass is 9.72. The average Bonchev–Trinajstić information content (AvgIpc) is 3.15. The summed E-state index contributed by atoms with van der Waals surface area (Å²) in [5.74, 6) is 0.521. The Morgan fingerprint density at radius 1 is 0.913 bits per heavy atom. The van der Waals surface area contributed by atoms with E-state index in [1.807, 2.05) is 0 Å². The van der Waals surface area contributed by atoms with Crippen molar-refractivity contribution in [3.8, 4) is 0 Å². The molecule has 1 unspecified atom stereocenters. The summed E-state index contributed by atoms with van der Waals surface area (Å²) in [4.78, 5) is 0. The van der Waals surface area contributed by atoms with E-state index < -0.39 is 0 Å². The maximum Gasteiger partial charge on any atom is 0.129 e. The predicted octanol–water partition coefficient (Wildman–Crippen LogP) is 4.53. The highest BCUT2D eigenvalue weighted by Crippen LogP contribution is 2.59. The third-order valence-electron chi connectivity index (χ3n) is 5.78. The Bertz CT molecular complexity index is 739. The van der Waals surface area contributed by atoms with Crippen LogP contribution in [0.1, 0.15) is 42.5 Å². The standard InChI is InChI=1S/C21H21NO/c1-3-8-15(9-4-1)19-17-12-7-13-21(18(17)14-23-19)20(22-21)16-10-5-2-6-11-16/h1-6,8-11,14,17,19-20,22H,7,12-13H2/t17-,19-,20?,21+/m1/s1. The normalized spacial score (nSPS) is 34.6. The Hall–Kier alpha value is -2.06. The second-order valence-electron chi connectivity index (χ2n) is 7.00. The number of ether oxygens (including phenoxy) is 1. The number of hydrogen-bond donors (Lipinski definition) is 1. The number of hydrogen-bond acceptors (Lipinski definition) is 2. The molecule has 3 aliphatic rings. The van der Waals surface area contributed by atoms with Gasteiger partial charge in [-0.15, -0.1) is 0 Å². The van der Waals surface area contributed by atoms with Crippen LogP contribution >= 0.6 is 0 Å². The van der Waals surface area contributed by atoms with Crippen molar-refractivity contribution in [1.29, 1.82) is 0 Å². The summed E-state index contributed by atoms with van der Waals surface area (Å²) in [5, 5.41) is 3.80. The summed E-state index contributed by atoms with van der Waals surface area (Å²) >= 11 is 0. The van der Waals surface area contributed by atoms with Crippen molar-refractivity contribution in [1.82, 2.24) is 5.32 Å². The lowest BCUT2D eigenvalue weighted by Gasteiger charge is -2.31. The summed E-state index contributed by atoms with van der Waals surface area (Å²) in [6, 6.07) is 22.0. The van der Waals surface area contributed by atoms with Gasteiger partial charge in [-0.25, -0.2) is 0 Å². The first-order valence-electron chi connectivity index (χ1n) is 8.62. The third-order valence-corrected chi connectivity index (χ3v) is 5.78. The fourth-order valence-corrected chi connectivity index (χ4v) is 4.63. The summed E-state index contributed by atoms with van der Waals surface area (Å²) in [6.45, 7) is 0. The van der Waals surface area contributed by atoms with Gasteiger partial charge in [-0.3, -0.25) is 5.32 Å². The van der Waals surface area contributed by atoms with Gasteiger partial charge in [0.1, 0.15) is 6.10 Å². The molecule has 1 aliphatic carbocycles. The Balaban J connectivity index is 1.45. The van der Waals surface area contributed by atoms with Crippen molar-refractivity contribution < 1.29 is 4.74 Å². The first kappa shape index (κ1) is 13.4. The van der Waals surface area contributed by atoms with Gasteiger partial charge in [-0.05, 0) is 29.5 Å². The van der Waals surface area contributed by atoms with Crippen LogP contribution in [0.5, 0.6) is 0 Å². The van der Waals surface area contributed by atoms with Crippen LogP contribution in [-0.4, -0.2) is 5.54 Å². The molecule has 5 rings (SSSR count). The maximum atomic E-state index is 6.14. The minimum absolute atomic E-state index is 0.147. The van der Waals surface area contributed by atoms with Gasteiger partial charge in [0, 0.05) is 5.92 Å². The van der Waals surface area contributed by atoms with Crippen molar-refractivity contribution in [2.75, 3.05) is 0 Å². The van der Waals surface area contributed by atoms with Crippen molar-refractivity contribution in [2.24, 2.45) is 5.92 Å². The van der Waals surface area contributed by atoms with Gasteiger partial charge in [0.2, 0.25) is 0 Å². The molecule has 23 heavy (non-hydrogen) atoms. The van der Waals surface area contributed by atoms with Gasteiger partial charge < -0.3 is 4.74 Å². The Morgan fingerprint density at radius 2 is 1.61 bits per heavy atom. The van der Waals surface area contributed by atoms with Gasteiger partial charge in [0.15, 0.2) is 0 Å². The number of nitrogens with one attached hydrogen (secondary N) is 1. The molecule has 2 heteroatoms. The van der Waals surface area contributed by atoms with Crippen LogP contribution in [0.25, 0.3) is 0 Å². The monoisotopic (exact) mass is 303 g/mol. The van der Waals surface area contributed by atoms with E-state index in [0.29, 0.717) is 12.0 Å². The molecular weight excluding hydrogens is 282 g/mol. The van der Waals surface area contributed by atoms with E-state index >= 15 is 0 Å². The Labute approximate surface area is 137 Å². The van der Waals surface area contributed by atoms with Crippen LogP contribution in [0.15, 0.2) is 72.5 Å². The molecule has 1 N–H and O–H groups in total. The molecule has 2 aliphatic heterocycles. The topological polar surface area (TPSA) is 31.2 Å². The van der Waals surface area contributed by atoms with Gasteiger partial charge in [0.25, 0.3) is 0 Å². The number of rotatable bonds is 2. The quantitative estimate of drug-likeness (QED) is 0.827. The lowest BCUT2D eigenvalue weighted by Crippen LogP contribution is -2.30. The third kappa shape index (κ3) is 1.98. The number of benzene rings is 2. The Kier molecular flexibility index (Phi) is 2.89. The zero-order valence-corrected chi connectivity index (χ0v) is 13.1. The highest BCUT2D eigenvalue weighted by molar-refractivity contribution is 5.45. The van der Waals surface area contributed by atoms with Crippen molar-refractivity contribution >= 4 is 0 Å². The van der Waals surface area contributed by atoms with E-state index in [0.717, 1.165) is 0 Å². The van der Waals surface area contributed by atoms with Crippen molar-refractivity contribution in [2.45, 2.75) is 36.9 Å². The molecule has 0 radical (unpaired) electrons. The molecule has 2 nitrogen and oxygen atoms in total. The van der Waals surface area contributed by atoms with E-state index in [-0.39, 0.29) is 11.6 Å². The van der Waals surface area contributed by atoms with Crippen molar-refractivity contribution in [3.63, 3.8) is 0 Å². The maximum absolute atomic E-state index is 6.14. The van der Waals surface area contributed by atoms with Gasteiger partial charge in [-0.2, -0.15) is 0 Å². The van der Waals surface area contributed by atoms with Gasteiger partial charge in [0.05, 0.1) is 17.8 Å². The molecule has 2 aromatic rings. The molecule has 2 aromatic carbocycles. The summed E-state index contributed by atoms with van der Waals surface area (Å²) in [5.41, 5.74) is 4.34. The molecule has 0 aromatic heterocycles.